The zero-order chi connectivity index (χ0) is 23.5. The first-order valence-electron chi connectivity index (χ1n) is 10.8. The van der Waals surface area contributed by atoms with Gasteiger partial charge in [-0.25, -0.2) is 12.7 Å². The Kier molecular flexibility index (Phi) is 7.48. The number of Topliss-reactive ketones (excluding diaryl/α,β-unsaturated/α-hetero) is 1. The number of carbonyl (C=O) groups is 2. The summed E-state index contributed by atoms with van der Waals surface area (Å²) in [7, 11) is -0.642. The molecule has 1 unspecified atom stereocenters. The zero-order valence-electron chi connectivity index (χ0n) is 19.0. The van der Waals surface area contributed by atoms with Crippen LogP contribution in [0.15, 0.2) is 53.4 Å². The Balaban J connectivity index is 1.63. The van der Waals surface area contributed by atoms with Gasteiger partial charge in [0.25, 0.3) is 0 Å². The molecule has 1 fully saturated rings. The van der Waals surface area contributed by atoms with E-state index < -0.39 is 16.1 Å². The Morgan fingerprint density at radius 1 is 1.06 bits per heavy atom. The predicted octanol–water partition coefficient (Wildman–Crippen LogP) is 3.17. The number of piperidine rings is 1. The predicted molar refractivity (Wildman–Crippen MR) is 125 cm³/mol. The lowest BCUT2D eigenvalue weighted by molar-refractivity contribution is -0.121. The SMILES string of the molecule is Cc1ccc(S(=O)(=O)N(C)C)cc1NC(=O)C(C)N1CCC(C(=O)c2ccccc2)CC1. The number of nitrogens with zero attached hydrogens (tertiary/aromatic N) is 2. The lowest BCUT2D eigenvalue weighted by Crippen LogP contribution is -2.47. The summed E-state index contributed by atoms with van der Waals surface area (Å²) < 4.78 is 26.0. The molecule has 1 aliphatic heterocycles. The number of anilines is 1. The molecule has 7 nitrogen and oxygen atoms in total. The number of nitrogens with one attached hydrogen (secondary N) is 1. The van der Waals surface area contributed by atoms with E-state index in [1.54, 1.807) is 6.07 Å². The smallest absolute Gasteiger partial charge is 0.242 e. The van der Waals surface area contributed by atoms with Gasteiger partial charge in [-0.05, 0) is 57.5 Å². The van der Waals surface area contributed by atoms with Crippen molar-refractivity contribution in [2.24, 2.45) is 5.92 Å². The highest BCUT2D eigenvalue weighted by Gasteiger charge is 2.30. The summed E-state index contributed by atoms with van der Waals surface area (Å²) in [5.74, 6) is -0.0590. The first-order valence-corrected chi connectivity index (χ1v) is 12.2. The van der Waals surface area contributed by atoms with E-state index in [1.165, 1.54) is 26.2 Å². The summed E-state index contributed by atoms with van der Waals surface area (Å²) in [5.41, 5.74) is 2.01. The molecule has 0 spiro atoms. The first-order chi connectivity index (χ1) is 15.1. The minimum Gasteiger partial charge on any atom is -0.324 e. The summed E-state index contributed by atoms with van der Waals surface area (Å²) in [6.07, 6.45) is 1.42. The van der Waals surface area contributed by atoms with Crippen molar-refractivity contribution in [2.45, 2.75) is 37.6 Å². The topological polar surface area (TPSA) is 86.8 Å². The highest BCUT2D eigenvalue weighted by atomic mass is 32.2. The van der Waals surface area contributed by atoms with Crippen LogP contribution in [0.4, 0.5) is 5.69 Å². The first kappa shape index (κ1) is 24.1. The second kappa shape index (κ2) is 9.94. The fourth-order valence-corrected chi connectivity index (χ4v) is 4.83. The molecular formula is C24H31N3O4S. The second-order valence-corrected chi connectivity index (χ2v) is 10.6. The molecule has 32 heavy (non-hydrogen) atoms. The molecular weight excluding hydrogens is 426 g/mol. The minimum absolute atomic E-state index is 0.0286. The molecule has 1 aliphatic rings. The van der Waals surface area contributed by atoms with Crippen LogP contribution in [0.1, 0.15) is 35.7 Å². The molecule has 0 saturated carbocycles. The molecule has 0 aromatic heterocycles. The molecule has 1 amide bonds. The number of hydrogen-bond donors (Lipinski definition) is 1. The van der Waals surface area contributed by atoms with Crippen molar-refractivity contribution in [2.75, 3.05) is 32.5 Å². The molecule has 0 aliphatic carbocycles. The molecule has 1 N–H and O–H groups in total. The fourth-order valence-electron chi connectivity index (χ4n) is 3.90. The molecule has 1 heterocycles. The van der Waals surface area contributed by atoms with Crippen LogP contribution in [0.25, 0.3) is 0 Å². The van der Waals surface area contributed by atoms with Crippen LogP contribution in [0, 0.1) is 12.8 Å². The highest BCUT2D eigenvalue weighted by molar-refractivity contribution is 7.89. The third-order valence-corrected chi connectivity index (χ3v) is 7.94. The van der Waals surface area contributed by atoms with Gasteiger partial charge in [0.05, 0.1) is 10.9 Å². The van der Waals surface area contributed by atoms with Gasteiger partial charge < -0.3 is 5.32 Å². The lowest BCUT2D eigenvalue weighted by Gasteiger charge is -2.34. The summed E-state index contributed by atoms with van der Waals surface area (Å²) in [5, 5.41) is 2.89. The van der Waals surface area contributed by atoms with E-state index in [4.69, 9.17) is 0 Å². The average molecular weight is 458 g/mol. The largest absolute Gasteiger partial charge is 0.324 e. The summed E-state index contributed by atoms with van der Waals surface area (Å²) in [6.45, 7) is 4.98. The summed E-state index contributed by atoms with van der Waals surface area (Å²) >= 11 is 0. The van der Waals surface area contributed by atoms with E-state index >= 15 is 0 Å². The normalized spacial score (nSPS) is 16.7. The van der Waals surface area contributed by atoms with E-state index in [0.29, 0.717) is 31.6 Å². The van der Waals surface area contributed by atoms with Gasteiger partial charge in [0.15, 0.2) is 5.78 Å². The zero-order valence-corrected chi connectivity index (χ0v) is 19.9. The number of rotatable bonds is 7. The minimum atomic E-state index is -3.59. The Hall–Kier alpha value is -2.55. The average Bonchev–Trinajstić information content (AvgIpc) is 2.80. The third kappa shape index (κ3) is 5.26. The summed E-state index contributed by atoms with van der Waals surface area (Å²) in [6, 6.07) is 13.7. The van der Waals surface area contributed by atoms with Crippen molar-refractivity contribution in [3.63, 3.8) is 0 Å². The van der Waals surface area contributed by atoms with Crippen LogP contribution in [-0.4, -0.2) is 62.5 Å². The van der Waals surface area contributed by atoms with E-state index in [1.807, 2.05) is 44.2 Å². The van der Waals surface area contributed by atoms with Crippen molar-refractivity contribution in [1.29, 1.82) is 0 Å². The number of carbonyl (C=O) groups excluding carboxylic acids is 2. The van der Waals surface area contributed by atoms with Crippen LogP contribution in [0.3, 0.4) is 0 Å². The van der Waals surface area contributed by atoms with Crippen molar-refractivity contribution >= 4 is 27.4 Å². The van der Waals surface area contributed by atoms with Crippen LogP contribution in [0.5, 0.6) is 0 Å². The second-order valence-electron chi connectivity index (χ2n) is 8.47. The maximum atomic E-state index is 12.9. The van der Waals surface area contributed by atoms with Crippen LogP contribution < -0.4 is 5.32 Å². The summed E-state index contributed by atoms with van der Waals surface area (Å²) in [4.78, 5) is 27.8. The van der Waals surface area contributed by atoms with E-state index in [-0.39, 0.29) is 22.5 Å². The fraction of sp³-hybridized carbons (Fsp3) is 0.417. The molecule has 1 saturated heterocycles. The van der Waals surface area contributed by atoms with Gasteiger partial charge in [-0.3, -0.25) is 14.5 Å². The van der Waals surface area contributed by atoms with Gasteiger partial charge in [-0.15, -0.1) is 0 Å². The number of aryl methyl sites for hydroxylation is 1. The van der Waals surface area contributed by atoms with Gasteiger partial charge in [-0.2, -0.15) is 0 Å². The van der Waals surface area contributed by atoms with Crippen molar-refractivity contribution in [3.8, 4) is 0 Å². The molecule has 3 rings (SSSR count). The Bertz CT molecular complexity index is 1080. The molecule has 2 aromatic carbocycles. The number of likely N-dealkylation sites (tertiary alicyclic amines) is 1. The molecule has 0 radical (unpaired) electrons. The maximum Gasteiger partial charge on any atom is 0.242 e. The van der Waals surface area contributed by atoms with E-state index in [9.17, 15) is 18.0 Å². The van der Waals surface area contributed by atoms with Gasteiger partial charge in [0, 0.05) is 31.3 Å². The van der Waals surface area contributed by atoms with Crippen LogP contribution >= 0.6 is 0 Å². The Labute approximate surface area is 190 Å². The van der Waals surface area contributed by atoms with Gasteiger partial charge in [-0.1, -0.05) is 36.4 Å². The van der Waals surface area contributed by atoms with Crippen LogP contribution in [-0.2, 0) is 14.8 Å². The number of sulfonamides is 1. The van der Waals surface area contributed by atoms with Gasteiger partial charge >= 0.3 is 0 Å². The number of amides is 1. The molecule has 172 valence electrons. The number of ketones is 1. The quantitative estimate of drug-likeness (QED) is 0.646. The molecule has 2 aromatic rings. The van der Waals surface area contributed by atoms with Crippen LogP contribution in [0.2, 0.25) is 0 Å². The van der Waals surface area contributed by atoms with Crippen molar-refractivity contribution < 1.29 is 18.0 Å². The van der Waals surface area contributed by atoms with Gasteiger partial charge in [0.2, 0.25) is 15.9 Å². The Morgan fingerprint density at radius 2 is 1.69 bits per heavy atom. The number of benzene rings is 2. The molecule has 8 heteroatoms. The molecule has 1 atom stereocenters. The Morgan fingerprint density at radius 3 is 2.28 bits per heavy atom. The highest BCUT2D eigenvalue weighted by Crippen LogP contribution is 2.25. The van der Waals surface area contributed by atoms with E-state index in [2.05, 4.69) is 10.2 Å². The standard InChI is InChI=1S/C24H31N3O4S/c1-17-10-11-21(32(30,31)26(3)4)16-22(17)25-24(29)18(2)27-14-12-20(13-15-27)23(28)19-8-6-5-7-9-19/h5-11,16,18,20H,12-15H2,1-4H3,(H,25,29). The van der Waals surface area contributed by atoms with Crippen molar-refractivity contribution in [1.82, 2.24) is 9.21 Å². The lowest BCUT2D eigenvalue weighted by atomic mass is 9.88. The van der Waals surface area contributed by atoms with E-state index in [0.717, 1.165) is 15.4 Å². The maximum absolute atomic E-state index is 12.9. The van der Waals surface area contributed by atoms with Crippen molar-refractivity contribution in [3.05, 3.63) is 59.7 Å². The monoisotopic (exact) mass is 457 g/mol. The van der Waals surface area contributed by atoms with Gasteiger partial charge in [0.1, 0.15) is 0 Å². The number of hydrogen-bond acceptors (Lipinski definition) is 5. The third-order valence-electron chi connectivity index (χ3n) is 6.13. The molecule has 0 bridgehead atoms.